The van der Waals surface area contributed by atoms with Crippen molar-refractivity contribution in [2.75, 3.05) is 4.90 Å². The van der Waals surface area contributed by atoms with Gasteiger partial charge in [-0.05, 0) is 37.1 Å². The summed E-state index contributed by atoms with van der Waals surface area (Å²) in [5, 5.41) is 0. The number of Topliss-reactive ketones (excluding diaryl/α,β-unsaturated/α-hetero) is 1. The lowest BCUT2D eigenvalue weighted by Gasteiger charge is -2.17. The van der Waals surface area contributed by atoms with E-state index in [0.29, 0.717) is 17.1 Å². The van der Waals surface area contributed by atoms with Crippen molar-refractivity contribution in [3.8, 4) is 0 Å². The van der Waals surface area contributed by atoms with Gasteiger partial charge in [0.1, 0.15) is 5.82 Å². The number of amides is 1. The predicted molar refractivity (Wildman–Crippen MR) is 73.5 cm³/mol. The number of benzene rings is 1. The van der Waals surface area contributed by atoms with Crippen LogP contribution in [0.5, 0.6) is 0 Å². The third-order valence-electron chi connectivity index (χ3n) is 3.32. The Bertz CT molecular complexity index is 711. The number of carbonyl (C=O) groups excluding carboxylic acids is 2. The van der Waals surface area contributed by atoms with Gasteiger partial charge in [-0.15, -0.1) is 0 Å². The maximum Gasteiger partial charge on any atom is 0.299 e. The molecular weight excluding hydrogens is 254 g/mol. The van der Waals surface area contributed by atoms with Crippen LogP contribution in [0, 0.1) is 13.8 Å². The minimum atomic E-state index is -0.513. The number of ketones is 1. The molecule has 100 valence electrons. The van der Waals surface area contributed by atoms with Crippen molar-refractivity contribution in [2.24, 2.45) is 0 Å². The maximum absolute atomic E-state index is 12.2. The van der Waals surface area contributed by atoms with E-state index in [1.165, 1.54) is 4.90 Å². The molecule has 2 heterocycles. The fraction of sp³-hybridized carbons (Fsp3) is 0.200. The third-order valence-corrected chi connectivity index (χ3v) is 3.32. The second-order valence-corrected chi connectivity index (χ2v) is 4.86. The van der Waals surface area contributed by atoms with Gasteiger partial charge in [-0.2, -0.15) is 0 Å². The molecule has 1 aliphatic heterocycles. The first-order valence-electron chi connectivity index (χ1n) is 6.31. The lowest BCUT2D eigenvalue weighted by Crippen LogP contribution is -2.30. The van der Waals surface area contributed by atoms with Crippen molar-refractivity contribution in [3.05, 3.63) is 53.1 Å². The summed E-state index contributed by atoms with van der Waals surface area (Å²) in [5.41, 5.74) is 3.04. The lowest BCUT2D eigenvalue weighted by atomic mass is 10.0. The second kappa shape index (κ2) is 4.52. The monoisotopic (exact) mass is 267 g/mol. The van der Waals surface area contributed by atoms with Crippen LogP contribution in [0.3, 0.4) is 0 Å². The molecule has 5 nitrogen and oxygen atoms in total. The van der Waals surface area contributed by atoms with Gasteiger partial charge >= 0.3 is 0 Å². The quantitative estimate of drug-likeness (QED) is 0.779. The zero-order chi connectivity index (χ0) is 14.3. The van der Waals surface area contributed by atoms with E-state index >= 15 is 0 Å². The van der Waals surface area contributed by atoms with Crippen LogP contribution in [-0.2, 0) is 11.3 Å². The number of anilines is 1. The second-order valence-electron chi connectivity index (χ2n) is 4.86. The Morgan fingerprint density at radius 2 is 1.80 bits per heavy atom. The number of aromatic nitrogens is 2. The van der Waals surface area contributed by atoms with Gasteiger partial charge in [0.15, 0.2) is 0 Å². The molecule has 1 amide bonds. The van der Waals surface area contributed by atoms with Crippen molar-refractivity contribution in [3.63, 3.8) is 0 Å². The van der Waals surface area contributed by atoms with Gasteiger partial charge in [0.05, 0.1) is 17.8 Å². The van der Waals surface area contributed by atoms with Gasteiger partial charge < -0.3 is 0 Å². The van der Waals surface area contributed by atoms with Crippen LogP contribution in [0.2, 0.25) is 0 Å². The number of fused-ring (bicyclic) bond motifs is 1. The molecule has 1 aromatic carbocycles. The van der Waals surface area contributed by atoms with Crippen LogP contribution in [0.15, 0.2) is 30.6 Å². The minimum absolute atomic E-state index is 0.211. The smallest absolute Gasteiger partial charge is 0.297 e. The van der Waals surface area contributed by atoms with Crippen LogP contribution < -0.4 is 4.90 Å². The molecule has 0 bridgehead atoms. The Balaban J connectivity index is 2.07. The van der Waals surface area contributed by atoms with Gasteiger partial charge in [0, 0.05) is 12.4 Å². The first kappa shape index (κ1) is 12.5. The van der Waals surface area contributed by atoms with E-state index in [0.717, 1.165) is 11.1 Å². The van der Waals surface area contributed by atoms with Crippen molar-refractivity contribution in [1.29, 1.82) is 0 Å². The highest BCUT2D eigenvalue weighted by Gasteiger charge is 2.37. The molecule has 0 aliphatic carbocycles. The van der Waals surface area contributed by atoms with E-state index in [1.54, 1.807) is 24.5 Å². The largest absolute Gasteiger partial charge is 0.299 e. The summed E-state index contributed by atoms with van der Waals surface area (Å²) in [6.45, 7) is 4.02. The summed E-state index contributed by atoms with van der Waals surface area (Å²) in [7, 11) is 0. The Morgan fingerprint density at radius 1 is 1.10 bits per heavy atom. The first-order chi connectivity index (χ1) is 9.58. The molecule has 5 heteroatoms. The van der Waals surface area contributed by atoms with E-state index in [4.69, 9.17) is 0 Å². The first-order valence-corrected chi connectivity index (χ1v) is 6.31. The Labute approximate surface area is 116 Å². The summed E-state index contributed by atoms with van der Waals surface area (Å²) < 4.78 is 0. The topological polar surface area (TPSA) is 63.2 Å². The highest BCUT2D eigenvalue weighted by atomic mass is 16.2. The Hall–Kier alpha value is -2.56. The van der Waals surface area contributed by atoms with Crippen molar-refractivity contribution in [1.82, 2.24) is 9.97 Å². The molecule has 20 heavy (non-hydrogen) atoms. The molecule has 2 aromatic rings. The molecular formula is C15H13N3O2. The van der Waals surface area contributed by atoms with E-state index in [9.17, 15) is 9.59 Å². The summed E-state index contributed by atoms with van der Waals surface area (Å²) in [4.78, 5) is 33.9. The third kappa shape index (κ3) is 1.87. The molecule has 0 atom stereocenters. The molecule has 0 saturated carbocycles. The van der Waals surface area contributed by atoms with Crippen molar-refractivity contribution >= 4 is 17.4 Å². The standard InChI is InChI=1S/C15H13N3O2/c1-9-6-10(2)13-11(7-9)14(19)15(20)18(13)8-12-16-4-3-5-17-12/h3-7H,8H2,1-2H3. The SMILES string of the molecule is Cc1cc(C)c2c(c1)C(=O)C(=O)N2Cc1ncccn1. The molecule has 0 radical (unpaired) electrons. The van der Waals surface area contributed by atoms with E-state index in [1.807, 2.05) is 19.9 Å². The summed E-state index contributed by atoms with van der Waals surface area (Å²) in [6, 6.07) is 5.43. The Morgan fingerprint density at radius 3 is 2.50 bits per heavy atom. The highest BCUT2D eigenvalue weighted by molar-refractivity contribution is 6.52. The Kier molecular flexibility index (Phi) is 2.82. The predicted octanol–water partition coefficient (Wildman–Crippen LogP) is 1.82. The van der Waals surface area contributed by atoms with Gasteiger partial charge in [-0.25, -0.2) is 9.97 Å². The van der Waals surface area contributed by atoms with E-state index in [2.05, 4.69) is 9.97 Å². The number of rotatable bonds is 2. The van der Waals surface area contributed by atoms with Crippen LogP contribution in [-0.4, -0.2) is 21.7 Å². The van der Waals surface area contributed by atoms with E-state index in [-0.39, 0.29) is 6.54 Å². The number of hydrogen-bond donors (Lipinski definition) is 0. The van der Waals surface area contributed by atoms with Crippen LogP contribution >= 0.6 is 0 Å². The molecule has 3 rings (SSSR count). The minimum Gasteiger partial charge on any atom is -0.297 e. The van der Waals surface area contributed by atoms with Gasteiger partial charge in [0.25, 0.3) is 11.7 Å². The molecule has 0 spiro atoms. The summed E-state index contributed by atoms with van der Waals surface area (Å²) in [6.07, 6.45) is 3.24. The number of carbonyl (C=O) groups is 2. The number of aryl methyl sites for hydroxylation is 2. The summed E-state index contributed by atoms with van der Waals surface area (Å²) in [5.74, 6) is -0.453. The molecule has 1 aliphatic rings. The number of nitrogens with zero attached hydrogens (tertiary/aromatic N) is 3. The molecule has 0 saturated heterocycles. The fourth-order valence-electron chi connectivity index (χ4n) is 2.53. The molecule has 1 aromatic heterocycles. The van der Waals surface area contributed by atoms with Crippen LogP contribution in [0.25, 0.3) is 0 Å². The molecule has 0 unspecified atom stereocenters. The van der Waals surface area contributed by atoms with Gasteiger partial charge in [-0.3, -0.25) is 14.5 Å². The van der Waals surface area contributed by atoms with Crippen LogP contribution in [0.4, 0.5) is 5.69 Å². The maximum atomic E-state index is 12.2. The average Bonchev–Trinajstić information content (AvgIpc) is 2.65. The average molecular weight is 267 g/mol. The van der Waals surface area contributed by atoms with Crippen molar-refractivity contribution in [2.45, 2.75) is 20.4 Å². The highest BCUT2D eigenvalue weighted by Crippen LogP contribution is 2.34. The zero-order valence-corrected chi connectivity index (χ0v) is 11.3. The van der Waals surface area contributed by atoms with Crippen LogP contribution in [0.1, 0.15) is 27.3 Å². The fourth-order valence-corrected chi connectivity index (χ4v) is 2.53. The molecule has 0 N–H and O–H groups in total. The molecule has 0 fully saturated rings. The number of hydrogen-bond acceptors (Lipinski definition) is 4. The zero-order valence-electron chi connectivity index (χ0n) is 11.3. The van der Waals surface area contributed by atoms with Crippen molar-refractivity contribution < 1.29 is 9.59 Å². The van der Waals surface area contributed by atoms with Gasteiger partial charge in [0.2, 0.25) is 0 Å². The lowest BCUT2D eigenvalue weighted by molar-refractivity contribution is -0.114. The normalized spacial score (nSPS) is 13.8. The summed E-state index contributed by atoms with van der Waals surface area (Å²) >= 11 is 0. The van der Waals surface area contributed by atoms with E-state index < -0.39 is 11.7 Å². The van der Waals surface area contributed by atoms with Gasteiger partial charge in [-0.1, -0.05) is 6.07 Å².